The largest absolute Gasteiger partial charge is 0.393 e. The van der Waals surface area contributed by atoms with E-state index in [9.17, 15) is 14.7 Å². The number of aryl methyl sites for hydroxylation is 1. The zero-order valence-corrected chi connectivity index (χ0v) is 10.6. The number of pyridine rings is 1. The summed E-state index contributed by atoms with van der Waals surface area (Å²) >= 11 is 0. The molecule has 1 aliphatic rings. The van der Waals surface area contributed by atoms with Gasteiger partial charge in [-0.1, -0.05) is 0 Å². The Morgan fingerprint density at radius 3 is 2.83 bits per heavy atom. The van der Waals surface area contributed by atoms with Crippen molar-refractivity contribution < 1.29 is 9.90 Å². The van der Waals surface area contributed by atoms with E-state index >= 15 is 0 Å². The van der Waals surface area contributed by atoms with Crippen LogP contribution in [0.4, 0.5) is 0 Å². The highest BCUT2D eigenvalue weighted by molar-refractivity contribution is 5.94. The summed E-state index contributed by atoms with van der Waals surface area (Å²) in [6.45, 7) is 4.62. The number of carbonyl (C=O) groups excluding carboxylic acids is 1. The highest BCUT2D eigenvalue weighted by Crippen LogP contribution is 2.20. The van der Waals surface area contributed by atoms with Crippen LogP contribution in [-0.2, 0) is 0 Å². The molecule has 2 atom stereocenters. The summed E-state index contributed by atoms with van der Waals surface area (Å²) in [5.74, 6) is -0.141. The number of aliphatic hydroxyl groups is 1. The van der Waals surface area contributed by atoms with Gasteiger partial charge in [-0.3, -0.25) is 9.59 Å². The number of hydrogen-bond acceptors (Lipinski definition) is 3. The van der Waals surface area contributed by atoms with E-state index in [4.69, 9.17) is 0 Å². The lowest BCUT2D eigenvalue weighted by molar-refractivity contribution is 0.0760. The molecule has 0 saturated carbocycles. The lowest BCUT2D eigenvalue weighted by Crippen LogP contribution is -2.34. The molecule has 5 heteroatoms. The number of likely N-dealkylation sites (tertiary alicyclic amines) is 1. The molecular weight excluding hydrogens is 232 g/mol. The number of amides is 1. The summed E-state index contributed by atoms with van der Waals surface area (Å²) in [6.07, 6.45) is 0.367. The summed E-state index contributed by atoms with van der Waals surface area (Å²) in [5, 5.41) is 9.51. The quantitative estimate of drug-likeness (QED) is 0.804. The monoisotopic (exact) mass is 250 g/mol. The standard InChI is InChI=1S/C13H18N2O3/c1-8-3-4-11(12(17)14-8)13(18)15-6-5-10(7-15)9(2)16/h3-4,9-10,16H,5-7H2,1-2H3,(H,14,17). The average Bonchev–Trinajstić information content (AvgIpc) is 2.77. The number of aromatic amines is 1. The lowest BCUT2D eigenvalue weighted by Gasteiger charge is -2.17. The second kappa shape index (κ2) is 4.94. The van der Waals surface area contributed by atoms with Crippen LogP contribution in [0.5, 0.6) is 0 Å². The van der Waals surface area contributed by atoms with Crippen molar-refractivity contribution in [2.75, 3.05) is 13.1 Å². The van der Waals surface area contributed by atoms with Crippen molar-refractivity contribution in [1.29, 1.82) is 0 Å². The molecule has 2 N–H and O–H groups in total. The number of aromatic nitrogens is 1. The molecule has 0 aliphatic carbocycles. The van der Waals surface area contributed by atoms with E-state index in [1.54, 1.807) is 30.9 Å². The van der Waals surface area contributed by atoms with E-state index in [-0.39, 0.29) is 22.9 Å². The van der Waals surface area contributed by atoms with Crippen LogP contribution < -0.4 is 5.56 Å². The molecule has 5 nitrogen and oxygen atoms in total. The molecule has 0 spiro atoms. The predicted molar refractivity (Wildman–Crippen MR) is 67.5 cm³/mol. The van der Waals surface area contributed by atoms with Crippen LogP contribution in [0.1, 0.15) is 29.4 Å². The number of rotatable bonds is 2. The number of aliphatic hydroxyl groups excluding tert-OH is 1. The molecule has 98 valence electrons. The molecule has 2 rings (SSSR count). The summed E-state index contributed by atoms with van der Waals surface area (Å²) in [7, 11) is 0. The van der Waals surface area contributed by atoms with E-state index < -0.39 is 6.10 Å². The van der Waals surface area contributed by atoms with E-state index in [0.29, 0.717) is 13.1 Å². The Labute approximate surface area is 105 Å². The molecule has 0 aromatic carbocycles. The predicted octanol–water partition coefficient (Wildman–Crippen LogP) is 0.526. The number of nitrogens with zero attached hydrogens (tertiary/aromatic N) is 1. The third-order valence-corrected chi connectivity index (χ3v) is 3.48. The Balaban J connectivity index is 2.15. The van der Waals surface area contributed by atoms with Gasteiger partial charge in [-0.15, -0.1) is 0 Å². The van der Waals surface area contributed by atoms with Gasteiger partial charge in [-0.25, -0.2) is 0 Å². The van der Waals surface area contributed by atoms with Crippen LogP contribution in [0.15, 0.2) is 16.9 Å². The van der Waals surface area contributed by atoms with Gasteiger partial charge in [0.25, 0.3) is 11.5 Å². The Kier molecular flexibility index (Phi) is 3.52. The van der Waals surface area contributed by atoms with Gasteiger partial charge >= 0.3 is 0 Å². The lowest BCUT2D eigenvalue weighted by atomic mass is 10.0. The van der Waals surface area contributed by atoms with Gasteiger partial charge in [0.1, 0.15) is 5.56 Å². The molecule has 1 saturated heterocycles. The third kappa shape index (κ3) is 2.46. The van der Waals surface area contributed by atoms with Crippen LogP contribution in [0.2, 0.25) is 0 Å². The number of hydrogen-bond donors (Lipinski definition) is 2. The first-order valence-electron chi connectivity index (χ1n) is 6.16. The fraction of sp³-hybridized carbons (Fsp3) is 0.538. The average molecular weight is 250 g/mol. The van der Waals surface area contributed by atoms with E-state index in [1.807, 2.05) is 0 Å². The third-order valence-electron chi connectivity index (χ3n) is 3.48. The summed E-state index contributed by atoms with van der Waals surface area (Å²) < 4.78 is 0. The Morgan fingerprint density at radius 1 is 1.56 bits per heavy atom. The minimum atomic E-state index is -0.417. The smallest absolute Gasteiger partial charge is 0.260 e. The van der Waals surface area contributed by atoms with Crippen molar-refractivity contribution in [3.05, 3.63) is 33.7 Å². The van der Waals surface area contributed by atoms with Gasteiger partial charge in [-0.05, 0) is 32.4 Å². The maximum atomic E-state index is 12.2. The van der Waals surface area contributed by atoms with Crippen molar-refractivity contribution in [3.8, 4) is 0 Å². The van der Waals surface area contributed by atoms with Crippen LogP contribution in [-0.4, -0.2) is 40.1 Å². The first-order valence-corrected chi connectivity index (χ1v) is 6.16. The van der Waals surface area contributed by atoms with Gasteiger partial charge in [0.2, 0.25) is 0 Å². The van der Waals surface area contributed by atoms with Crippen molar-refractivity contribution in [2.24, 2.45) is 5.92 Å². The Bertz CT molecular complexity index is 507. The van der Waals surface area contributed by atoms with Gasteiger partial charge in [-0.2, -0.15) is 0 Å². The molecule has 0 bridgehead atoms. The zero-order valence-electron chi connectivity index (χ0n) is 10.6. The van der Waals surface area contributed by atoms with E-state index in [2.05, 4.69) is 4.98 Å². The van der Waals surface area contributed by atoms with Gasteiger partial charge < -0.3 is 15.0 Å². The molecule has 1 aromatic heterocycles. The minimum Gasteiger partial charge on any atom is -0.393 e. The van der Waals surface area contributed by atoms with Crippen molar-refractivity contribution >= 4 is 5.91 Å². The van der Waals surface area contributed by atoms with E-state index in [0.717, 1.165) is 12.1 Å². The highest BCUT2D eigenvalue weighted by Gasteiger charge is 2.30. The molecular formula is C13H18N2O3. The number of nitrogens with one attached hydrogen (secondary N) is 1. The SMILES string of the molecule is Cc1ccc(C(=O)N2CCC(C(C)O)C2)c(=O)[nH]1. The van der Waals surface area contributed by atoms with Crippen molar-refractivity contribution in [2.45, 2.75) is 26.4 Å². The first-order chi connectivity index (χ1) is 8.49. The van der Waals surface area contributed by atoms with Gasteiger partial charge in [0, 0.05) is 24.7 Å². The van der Waals surface area contributed by atoms with Crippen molar-refractivity contribution in [1.82, 2.24) is 9.88 Å². The molecule has 2 heterocycles. The highest BCUT2D eigenvalue weighted by atomic mass is 16.3. The maximum Gasteiger partial charge on any atom is 0.260 e. The summed E-state index contributed by atoms with van der Waals surface area (Å²) in [4.78, 5) is 28.1. The molecule has 0 radical (unpaired) electrons. The van der Waals surface area contributed by atoms with E-state index in [1.165, 1.54) is 0 Å². The summed E-state index contributed by atoms with van der Waals surface area (Å²) in [5.41, 5.74) is 0.562. The molecule has 1 aromatic rings. The molecule has 1 fully saturated rings. The van der Waals surface area contributed by atoms with Crippen LogP contribution in [0.25, 0.3) is 0 Å². The second-order valence-electron chi connectivity index (χ2n) is 4.92. The number of carbonyl (C=O) groups is 1. The molecule has 2 unspecified atom stereocenters. The molecule has 1 amide bonds. The Hall–Kier alpha value is -1.62. The summed E-state index contributed by atoms with van der Waals surface area (Å²) in [6, 6.07) is 3.28. The van der Waals surface area contributed by atoms with Crippen LogP contribution in [0, 0.1) is 12.8 Å². The normalized spacial score (nSPS) is 21.1. The number of H-pyrrole nitrogens is 1. The van der Waals surface area contributed by atoms with Crippen LogP contribution in [0.3, 0.4) is 0 Å². The zero-order chi connectivity index (χ0) is 13.3. The maximum absolute atomic E-state index is 12.2. The van der Waals surface area contributed by atoms with Gasteiger partial charge in [0.15, 0.2) is 0 Å². The van der Waals surface area contributed by atoms with Gasteiger partial charge in [0.05, 0.1) is 6.10 Å². The molecule has 18 heavy (non-hydrogen) atoms. The van der Waals surface area contributed by atoms with Crippen LogP contribution >= 0.6 is 0 Å². The first kappa shape index (κ1) is 12.8. The topological polar surface area (TPSA) is 73.4 Å². The molecule has 1 aliphatic heterocycles. The fourth-order valence-corrected chi connectivity index (χ4v) is 2.28. The second-order valence-corrected chi connectivity index (χ2v) is 4.92. The van der Waals surface area contributed by atoms with Crippen molar-refractivity contribution in [3.63, 3.8) is 0 Å². The fourth-order valence-electron chi connectivity index (χ4n) is 2.28. The minimum absolute atomic E-state index is 0.110. The Morgan fingerprint density at radius 2 is 2.28 bits per heavy atom.